The van der Waals surface area contributed by atoms with E-state index in [1.807, 2.05) is 18.2 Å². The summed E-state index contributed by atoms with van der Waals surface area (Å²) in [5.74, 6) is -0.180. The number of nitrogens with zero attached hydrogens (tertiary/aromatic N) is 1. The standard InChI is InChI=1S/C22H13N3O4S/c23-22-25(13-4-2-1-3-5-13)21(28)18(30-22)11-14-7-9-17(29-14)12-6-8-15-16(10-12)20(27)24-19(15)26/h1-11,23H,(H,24,26,27). The number of furan rings is 1. The second kappa shape index (κ2) is 6.85. The predicted molar refractivity (Wildman–Crippen MR) is 113 cm³/mol. The summed E-state index contributed by atoms with van der Waals surface area (Å²) >= 11 is 1.06. The fourth-order valence-corrected chi connectivity index (χ4v) is 4.18. The minimum absolute atomic E-state index is 0.124. The van der Waals surface area contributed by atoms with Gasteiger partial charge in [0, 0.05) is 11.6 Å². The van der Waals surface area contributed by atoms with Gasteiger partial charge in [-0.15, -0.1) is 0 Å². The number of amides is 3. The molecule has 0 atom stereocenters. The molecule has 1 saturated heterocycles. The molecule has 3 amide bonds. The van der Waals surface area contributed by atoms with E-state index in [1.54, 1.807) is 48.5 Å². The molecule has 2 N–H and O–H groups in total. The zero-order valence-corrected chi connectivity index (χ0v) is 16.2. The minimum atomic E-state index is -0.432. The number of thioether (sulfide) groups is 1. The van der Waals surface area contributed by atoms with Crippen LogP contribution in [0.25, 0.3) is 17.4 Å². The van der Waals surface area contributed by atoms with E-state index < -0.39 is 11.8 Å². The van der Waals surface area contributed by atoms with Crippen LogP contribution in [0.4, 0.5) is 5.69 Å². The van der Waals surface area contributed by atoms with Crippen LogP contribution in [-0.2, 0) is 4.79 Å². The van der Waals surface area contributed by atoms with E-state index in [4.69, 9.17) is 9.83 Å². The van der Waals surface area contributed by atoms with Crippen molar-refractivity contribution >= 4 is 46.4 Å². The molecule has 30 heavy (non-hydrogen) atoms. The second-order valence-electron chi connectivity index (χ2n) is 6.64. The third kappa shape index (κ3) is 2.94. The van der Waals surface area contributed by atoms with Gasteiger partial charge in [-0.1, -0.05) is 24.3 Å². The smallest absolute Gasteiger partial charge is 0.271 e. The Balaban J connectivity index is 1.43. The summed E-state index contributed by atoms with van der Waals surface area (Å²) < 4.78 is 5.83. The first-order valence-corrected chi connectivity index (χ1v) is 9.80. The van der Waals surface area contributed by atoms with E-state index in [0.717, 1.165) is 11.8 Å². The van der Waals surface area contributed by atoms with Crippen molar-refractivity contribution in [2.24, 2.45) is 0 Å². The lowest BCUT2D eigenvalue weighted by Crippen LogP contribution is -2.27. The van der Waals surface area contributed by atoms with E-state index in [1.165, 1.54) is 4.90 Å². The summed E-state index contributed by atoms with van der Waals surface area (Å²) in [5, 5.41) is 10.5. The number of hydrogen-bond acceptors (Lipinski definition) is 6. The first-order valence-electron chi connectivity index (χ1n) is 8.99. The Bertz CT molecular complexity index is 1280. The molecule has 1 fully saturated rings. The van der Waals surface area contributed by atoms with Gasteiger partial charge in [0.25, 0.3) is 17.7 Å². The predicted octanol–water partition coefficient (Wildman–Crippen LogP) is 3.89. The Labute approximate surface area is 174 Å². The summed E-state index contributed by atoms with van der Waals surface area (Å²) in [6, 6.07) is 17.4. The number of hydrogen-bond donors (Lipinski definition) is 2. The summed E-state index contributed by atoms with van der Waals surface area (Å²) in [4.78, 5) is 38.1. The molecule has 3 heterocycles. The molecule has 0 saturated carbocycles. The summed E-state index contributed by atoms with van der Waals surface area (Å²) in [6.45, 7) is 0. The van der Waals surface area contributed by atoms with Crippen molar-refractivity contribution in [2.45, 2.75) is 0 Å². The Hall–Kier alpha value is -3.91. The second-order valence-corrected chi connectivity index (χ2v) is 7.67. The van der Waals surface area contributed by atoms with Crippen LogP contribution in [0.3, 0.4) is 0 Å². The van der Waals surface area contributed by atoms with E-state index in [0.29, 0.717) is 38.8 Å². The van der Waals surface area contributed by atoms with Crippen LogP contribution in [0.5, 0.6) is 0 Å². The molecule has 2 aliphatic heterocycles. The molecule has 8 heteroatoms. The Morgan fingerprint density at radius 1 is 0.933 bits per heavy atom. The molecule has 2 aromatic carbocycles. The molecule has 146 valence electrons. The van der Waals surface area contributed by atoms with E-state index in [-0.39, 0.29) is 11.1 Å². The topological polar surface area (TPSA) is 103 Å². The lowest BCUT2D eigenvalue weighted by Gasteiger charge is -2.13. The lowest BCUT2D eigenvalue weighted by atomic mass is 10.0. The van der Waals surface area contributed by atoms with Gasteiger partial charge in [0.1, 0.15) is 11.5 Å². The number of anilines is 1. The van der Waals surface area contributed by atoms with Gasteiger partial charge in [-0.25, -0.2) is 0 Å². The van der Waals surface area contributed by atoms with Crippen molar-refractivity contribution in [2.75, 3.05) is 4.90 Å². The molecule has 7 nitrogen and oxygen atoms in total. The quantitative estimate of drug-likeness (QED) is 0.499. The number of carbonyl (C=O) groups excluding carboxylic acids is 3. The fourth-order valence-electron chi connectivity index (χ4n) is 3.33. The third-order valence-electron chi connectivity index (χ3n) is 4.76. The molecule has 0 spiro atoms. The number of carbonyl (C=O) groups is 3. The van der Waals surface area contributed by atoms with Crippen LogP contribution < -0.4 is 10.2 Å². The number of amidine groups is 1. The average molecular weight is 415 g/mol. The number of para-hydroxylation sites is 1. The highest BCUT2D eigenvalue weighted by molar-refractivity contribution is 8.19. The van der Waals surface area contributed by atoms with Gasteiger partial charge in [0.15, 0.2) is 5.17 Å². The number of benzene rings is 2. The molecule has 1 aromatic heterocycles. The van der Waals surface area contributed by atoms with Crippen LogP contribution in [0.15, 0.2) is 70.0 Å². The van der Waals surface area contributed by atoms with Crippen LogP contribution >= 0.6 is 11.8 Å². The van der Waals surface area contributed by atoms with Gasteiger partial charge in [0.05, 0.1) is 21.7 Å². The van der Waals surface area contributed by atoms with Crippen LogP contribution in [0.1, 0.15) is 26.5 Å². The van der Waals surface area contributed by atoms with Gasteiger partial charge < -0.3 is 4.42 Å². The maximum Gasteiger partial charge on any atom is 0.271 e. The van der Waals surface area contributed by atoms with Gasteiger partial charge >= 0.3 is 0 Å². The highest BCUT2D eigenvalue weighted by Gasteiger charge is 2.33. The molecular weight excluding hydrogens is 402 g/mol. The number of rotatable bonds is 3. The third-order valence-corrected chi connectivity index (χ3v) is 5.65. The van der Waals surface area contributed by atoms with Crippen LogP contribution in [0, 0.1) is 5.41 Å². The first-order chi connectivity index (χ1) is 14.5. The van der Waals surface area contributed by atoms with Gasteiger partial charge in [-0.2, -0.15) is 0 Å². The maximum atomic E-state index is 12.8. The normalized spacial score (nSPS) is 17.1. The summed E-state index contributed by atoms with van der Waals surface area (Å²) in [5.41, 5.74) is 1.93. The molecule has 0 bridgehead atoms. The number of nitrogens with one attached hydrogen (secondary N) is 2. The Kier molecular flexibility index (Phi) is 4.14. The van der Waals surface area contributed by atoms with Crippen molar-refractivity contribution in [3.05, 3.63) is 82.5 Å². The lowest BCUT2D eigenvalue weighted by molar-refractivity contribution is -0.113. The van der Waals surface area contributed by atoms with Gasteiger partial charge in [-0.05, 0) is 48.2 Å². The highest BCUT2D eigenvalue weighted by atomic mass is 32.2. The Morgan fingerprint density at radius 2 is 1.70 bits per heavy atom. The minimum Gasteiger partial charge on any atom is -0.457 e. The molecule has 0 aliphatic carbocycles. The monoisotopic (exact) mass is 415 g/mol. The van der Waals surface area contributed by atoms with Crippen molar-refractivity contribution in [3.63, 3.8) is 0 Å². The zero-order chi connectivity index (χ0) is 20.8. The molecule has 2 aliphatic rings. The molecule has 0 unspecified atom stereocenters. The number of imide groups is 1. The van der Waals surface area contributed by atoms with Crippen molar-refractivity contribution in [1.29, 1.82) is 5.41 Å². The van der Waals surface area contributed by atoms with Crippen molar-refractivity contribution in [3.8, 4) is 11.3 Å². The molecular formula is C22H13N3O4S. The largest absolute Gasteiger partial charge is 0.457 e. The van der Waals surface area contributed by atoms with Crippen LogP contribution in [-0.4, -0.2) is 22.9 Å². The van der Waals surface area contributed by atoms with Gasteiger partial charge in [0.2, 0.25) is 0 Å². The van der Waals surface area contributed by atoms with Gasteiger partial charge in [-0.3, -0.25) is 30.0 Å². The molecule has 3 aromatic rings. The van der Waals surface area contributed by atoms with E-state index in [2.05, 4.69) is 5.32 Å². The van der Waals surface area contributed by atoms with Crippen molar-refractivity contribution < 1.29 is 18.8 Å². The Morgan fingerprint density at radius 3 is 2.50 bits per heavy atom. The summed E-state index contributed by atoms with van der Waals surface area (Å²) in [6.07, 6.45) is 1.59. The maximum absolute atomic E-state index is 12.8. The van der Waals surface area contributed by atoms with E-state index in [9.17, 15) is 14.4 Å². The SMILES string of the molecule is N=C1SC(=Cc2ccc(-c3ccc4c(c3)C(=O)NC4=O)o2)C(=O)N1c1ccccc1. The molecule has 5 rings (SSSR count). The molecule has 0 radical (unpaired) electrons. The van der Waals surface area contributed by atoms with E-state index >= 15 is 0 Å². The van der Waals surface area contributed by atoms with Crippen LogP contribution in [0.2, 0.25) is 0 Å². The average Bonchev–Trinajstić information content (AvgIpc) is 3.40. The first kappa shape index (κ1) is 18.1. The fraction of sp³-hybridized carbons (Fsp3) is 0. The van der Waals surface area contributed by atoms with Crippen molar-refractivity contribution in [1.82, 2.24) is 5.32 Å². The number of fused-ring (bicyclic) bond motifs is 1. The summed E-state index contributed by atoms with van der Waals surface area (Å²) in [7, 11) is 0. The highest BCUT2D eigenvalue weighted by Crippen LogP contribution is 2.36. The zero-order valence-electron chi connectivity index (χ0n) is 15.3.